The van der Waals surface area contributed by atoms with Crippen LogP contribution in [0.25, 0.3) is 5.57 Å². The Hall–Kier alpha value is -1.37. The third-order valence-corrected chi connectivity index (χ3v) is 3.82. The zero-order valence-electron chi connectivity index (χ0n) is 13.0. The van der Waals surface area contributed by atoms with Gasteiger partial charge in [0.05, 0.1) is 6.54 Å². The molecule has 1 heteroatoms. The number of hydrogen-bond donors (Lipinski definition) is 0. The first-order valence-corrected chi connectivity index (χ1v) is 7.15. The smallest absolute Gasteiger partial charge is 0.0606 e. The van der Waals surface area contributed by atoms with Gasteiger partial charge in [0.15, 0.2) is 0 Å². The summed E-state index contributed by atoms with van der Waals surface area (Å²) in [5, 5.41) is 0. The van der Waals surface area contributed by atoms with Gasteiger partial charge in [0.25, 0.3) is 0 Å². The Kier molecular flexibility index (Phi) is 3.66. The van der Waals surface area contributed by atoms with Gasteiger partial charge >= 0.3 is 0 Å². The lowest BCUT2D eigenvalue weighted by Gasteiger charge is -2.25. The summed E-state index contributed by atoms with van der Waals surface area (Å²) >= 11 is 0. The molecule has 1 nitrogen and oxygen atoms in total. The van der Waals surface area contributed by atoms with E-state index in [0.29, 0.717) is 5.92 Å². The van der Waals surface area contributed by atoms with Crippen LogP contribution in [-0.4, -0.2) is 12.8 Å². The summed E-state index contributed by atoms with van der Waals surface area (Å²) < 4.78 is 0. The van der Waals surface area contributed by atoms with Crippen LogP contribution in [0.15, 0.2) is 28.8 Å². The van der Waals surface area contributed by atoms with Gasteiger partial charge in [0, 0.05) is 11.8 Å². The van der Waals surface area contributed by atoms with Crippen LogP contribution in [0.4, 0.5) is 0 Å². The largest absolute Gasteiger partial charge is 0.288 e. The molecule has 1 heterocycles. The highest BCUT2D eigenvalue weighted by atomic mass is 14.7. The molecular formula is C18H25N. The molecule has 0 aromatic heterocycles. The van der Waals surface area contributed by atoms with E-state index in [1.807, 2.05) is 6.21 Å². The number of hydrogen-bond acceptors (Lipinski definition) is 1. The van der Waals surface area contributed by atoms with E-state index in [1.165, 1.54) is 27.8 Å². The zero-order valence-corrected chi connectivity index (χ0v) is 13.0. The van der Waals surface area contributed by atoms with E-state index in [1.54, 1.807) is 0 Å². The van der Waals surface area contributed by atoms with Crippen molar-refractivity contribution < 1.29 is 0 Å². The number of benzene rings is 1. The summed E-state index contributed by atoms with van der Waals surface area (Å²) in [6, 6.07) is 6.93. The first-order chi connectivity index (χ1) is 8.80. The molecule has 102 valence electrons. The molecule has 0 N–H and O–H groups in total. The van der Waals surface area contributed by atoms with Gasteiger partial charge in [-0.15, -0.1) is 0 Å². The van der Waals surface area contributed by atoms with Crippen molar-refractivity contribution in [3.63, 3.8) is 0 Å². The highest BCUT2D eigenvalue weighted by molar-refractivity contribution is 6.13. The standard InChI is InChI=1S/C18H25N/c1-12(2)14-7-8-15(16-11-19-10-13(16)3)17(9-14)18(4,5)6/h7-9,11-12H,10H2,1-6H3. The van der Waals surface area contributed by atoms with E-state index in [9.17, 15) is 0 Å². The summed E-state index contributed by atoms with van der Waals surface area (Å²) in [5.41, 5.74) is 7.06. The molecule has 0 fully saturated rings. The van der Waals surface area contributed by atoms with Crippen LogP contribution in [0.1, 0.15) is 64.2 Å². The summed E-state index contributed by atoms with van der Waals surface area (Å²) in [7, 11) is 0. The molecule has 1 aromatic rings. The average Bonchev–Trinajstić information content (AvgIpc) is 2.73. The number of rotatable bonds is 2. The van der Waals surface area contributed by atoms with Gasteiger partial charge in [-0.25, -0.2) is 0 Å². The van der Waals surface area contributed by atoms with Crippen LogP contribution in [-0.2, 0) is 5.41 Å². The maximum atomic E-state index is 4.40. The van der Waals surface area contributed by atoms with Gasteiger partial charge in [0.1, 0.15) is 0 Å². The second kappa shape index (κ2) is 4.96. The second-order valence-corrected chi connectivity index (χ2v) is 6.87. The molecule has 1 aromatic carbocycles. The van der Waals surface area contributed by atoms with Crippen molar-refractivity contribution >= 4 is 11.8 Å². The monoisotopic (exact) mass is 255 g/mol. The lowest BCUT2D eigenvalue weighted by atomic mass is 9.79. The quantitative estimate of drug-likeness (QED) is 0.708. The van der Waals surface area contributed by atoms with Crippen LogP contribution in [0.3, 0.4) is 0 Å². The average molecular weight is 255 g/mol. The fraction of sp³-hybridized carbons (Fsp3) is 0.500. The van der Waals surface area contributed by atoms with Crippen molar-refractivity contribution in [1.29, 1.82) is 0 Å². The molecular weight excluding hydrogens is 230 g/mol. The Bertz CT molecular complexity index is 539. The fourth-order valence-electron chi connectivity index (χ4n) is 2.55. The van der Waals surface area contributed by atoms with Crippen molar-refractivity contribution in [2.45, 2.75) is 52.9 Å². The summed E-state index contributed by atoms with van der Waals surface area (Å²) in [5.74, 6) is 0.572. The molecule has 0 unspecified atom stereocenters. The summed E-state index contributed by atoms with van der Waals surface area (Å²) in [4.78, 5) is 4.40. The van der Waals surface area contributed by atoms with E-state index >= 15 is 0 Å². The van der Waals surface area contributed by atoms with Crippen molar-refractivity contribution in [3.05, 3.63) is 40.5 Å². The van der Waals surface area contributed by atoms with Gasteiger partial charge in [-0.3, -0.25) is 4.99 Å². The molecule has 0 radical (unpaired) electrons. The molecule has 2 rings (SSSR count). The van der Waals surface area contributed by atoms with Gasteiger partial charge in [0.2, 0.25) is 0 Å². The van der Waals surface area contributed by atoms with Crippen molar-refractivity contribution in [3.8, 4) is 0 Å². The Labute approximate surface area is 117 Å². The van der Waals surface area contributed by atoms with E-state index in [4.69, 9.17) is 0 Å². The molecule has 1 aliphatic heterocycles. The molecule has 1 aliphatic rings. The number of nitrogens with zero attached hydrogens (tertiary/aromatic N) is 1. The van der Waals surface area contributed by atoms with Crippen LogP contribution < -0.4 is 0 Å². The van der Waals surface area contributed by atoms with Crippen LogP contribution >= 0.6 is 0 Å². The normalized spacial score (nSPS) is 15.7. The van der Waals surface area contributed by atoms with Crippen LogP contribution in [0.5, 0.6) is 0 Å². The number of allylic oxidation sites excluding steroid dienone is 1. The van der Waals surface area contributed by atoms with Gasteiger partial charge < -0.3 is 0 Å². The molecule has 0 aliphatic carbocycles. The van der Waals surface area contributed by atoms with E-state index in [0.717, 1.165) is 6.54 Å². The zero-order chi connectivity index (χ0) is 14.2. The molecule has 0 saturated carbocycles. The molecule has 0 saturated heterocycles. The minimum Gasteiger partial charge on any atom is -0.288 e. The third kappa shape index (κ3) is 2.80. The number of aliphatic imine (C=N–C) groups is 1. The predicted molar refractivity (Wildman–Crippen MR) is 85.2 cm³/mol. The van der Waals surface area contributed by atoms with Crippen LogP contribution in [0.2, 0.25) is 0 Å². The Balaban J connectivity index is 2.62. The third-order valence-electron chi connectivity index (χ3n) is 3.82. The highest BCUT2D eigenvalue weighted by Gasteiger charge is 2.22. The molecule has 0 bridgehead atoms. The first kappa shape index (κ1) is 14.0. The minimum absolute atomic E-state index is 0.157. The van der Waals surface area contributed by atoms with E-state index in [2.05, 4.69) is 64.7 Å². The van der Waals surface area contributed by atoms with Crippen molar-refractivity contribution in [2.75, 3.05) is 6.54 Å². The van der Waals surface area contributed by atoms with Gasteiger partial charge in [-0.1, -0.05) is 52.8 Å². The second-order valence-electron chi connectivity index (χ2n) is 6.87. The lowest BCUT2D eigenvalue weighted by Crippen LogP contribution is -2.15. The molecule has 0 spiro atoms. The van der Waals surface area contributed by atoms with Crippen molar-refractivity contribution in [2.24, 2.45) is 4.99 Å². The van der Waals surface area contributed by atoms with Crippen LogP contribution in [0, 0.1) is 0 Å². The maximum absolute atomic E-state index is 4.40. The maximum Gasteiger partial charge on any atom is 0.0606 e. The highest BCUT2D eigenvalue weighted by Crippen LogP contribution is 2.34. The lowest BCUT2D eigenvalue weighted by molar-refractivity contribution is 0.587. The Morgan fingerprint density at radius 1 is 1.16 bits per heavy atom. The van der Waals surface area contributed by atoms with E-state index in [-0.39, 0.29) is 5.41 Å². The molecule has 0 amide bonds. The SMILES string of the molecule is CC1=C(c2ccc(C(C)C)cc2C(C)(C)C)C=NC1. The first-order valence-electron chi connectivity index (χ1n) is 7.15. The van der Waals surface area contributed by atoms with Gasteiger partial charge in [-0.05, 0) is 40.5 Å². The summed E-state index contributed by atoms with van der Waals surface area (Å²) in [6.07, 6.45) is 2.04. The van der Waals surface area contributed by atoms with Gasteiger partial charge in [-0.2, -0.15) is 0 Å². The fourth-order valence-corrected chi connectivity index (χ4v) is 2.55. The van der Waals surface area contributed by atoms with E-state index < -0.39 is 0 Å². The Morgan fingerprint density at radius 2 is 1.84 bits per heavy atom. The molecule has 0 atom stereocenters. The summed E-state index contributed by atoms with van der Waals surface area (Å²) in [6.45, 7) is 14.4. The molecule has 19 heavy (non-hydrogen) atoms. The van der Waals surface area contributed by atoms with Crippen molar-refractivity contribution in [1.82, 2.24) is 0 Å². The topological polar surface area (TPSA) is 12.4 Å². The Morgan fingerprint density at radius 3 is 2.32 bits per heavy atom. The predicted octanol–water partition coefficient (Wildman–Crippen LogP) is 4.97. The minimum atomic E-state index is 0.157.